The van der Waals surface area contributed by atoms with Gasteiger partial charge in [-0.2, -0.15) is 0 Å². The molecule has 0 aromatic carbocycles. The van der Waals surface area contributed by atoms with Gasteiger partial charge in [0.1, 0.15) is 6.04 Å². The predicted molar refractivity (Wildman–Crippen MR) is 75.7 cm³/mol. The van der Waals surface area contributed by atoms with Gasteiger partial charge >= 0.3 is 0 Å². The highest BCUT2D eigenvalue weighted by atomic mass is 32.1. The third-order valence-electron chi connectivity index (χ3n) is 3.19. The first-order chi connectivity index (χ1) is 9.06. The molecule has 5 heteroatoms. The molecule has 1 aliphatic rings. The molecule has 19 heavy (non-hydrogen) atoms. The normalized spacial score (nSPS) is 20.6. The van der Waals surface area contributed by atoms with Crippen molar-refractivity contribution in [1.82, 2.24) is 10.2 Å². The Balaban J connectivity index is 2.09. The van der Waals surface area contributed by atoms with Crippen molar-refractivity contribution in [1.29, 1.82) is 0 Å². The van der Waals surface area contributed by atoms with Crippen LogP contribution in [0.15, 0.2) is 17.5 Å². The van der Waals surface area contributed by atoms with Gasteiger partial charge in [0.15, 0.2) is 0 Å². The lowest BCUT2D eigenvalue weighted by molar-refractivity contribution is -0.134. The van der Waals surface area contributed by atoms with E-state index in [4.69, 9.17) is 0 Å². The minimum Gasteiger partial charge on any atom is -0.344 e. The van der Waals surface area contributed by atoms with Crippen LogP contribution in [-0.2, 0) is 16.1 Å². The van der Waals surface area contributed by atoms with Gasteiger partial charge in [-0.25, -0.2) is 0 Å². The number of nitrogens with one attached hydrogen (secondary N) is 1. The van der Waals surface area contributed by atoms with Crippen LogP contribution in [-0.4, -0.2) is 29.3 Å². The molecule has 2 rings (SSSR count). The Morgan fingerprint density at radius 1 is 1.47 bits per heavy atom. The first kappa shape index (κ1) is 14.1. The van der Waals surface area contributed by atoms with Crippen molar-refractivity contribution in [3.63, 3.8) is 0 Å². The highest BCUT2D eigenvalue weighted by Gasteiger charge is 2.30. The topological polar surface area (TPSA) is 49.4 Å². The molecule has 1 aliphatic heterocycles. The fraction of sp³-hybridized carbons (Fsp3) is 0.571. The molecule has 1 saturated heterocycles. The number of hydrogen-bond donors (Lipinski definition) is 1. The molecule has 0 radical (unpaired) electrons. The van der Waals surface area contributed by atoms with Crippen LogP contribution in [0.1, 0.15) is 31.6 Å². The summed E-state index contributed by atoms with van der Waals surface area (Å²) >= 11 is 1.64. The maximum absolute atomic E-state index is 12.5. The van der Waals surface area contributed by atoms with Gasteiger partial charge in [0.25, 0.3) is 0 Å². The van der Waals surface area contributed by atoms with Crippen molar-refractivity contribution in [2.24, 2.45) is 5.92 Å². The molecule has 2 heterocycles. The van der Waals surface area contributed by atoms with Gasteiger partial charge in [0, 0.05) is 17.8 Å². The summed E-state index contributed by atoms with van der Waals surface area (Å²) in [5.74, 6) is 0.413. The Hall–Kier alpha value is -1.36. The Kier molecular flexibility index (Phi) is 4.58. The smallest absolute Gasteiger partial charge is 0.245 e. The minimum absolute atomic E-state index is 0.0207. The van der Waals surface area contributed by atoms with Crippen molar-refractivity contribution in [2.75, 3.05) is 6.54 Å². The molecule has 0 saturated carbocycles. The molecule has 0 aliphatic carbocycles. The van der Waals surface area contributed by atoms with E-state index >= 15 is 0 Å². The Bertz CT molecular complexity index is 442. The Morgan fingerprint density at radius 2 is 2.26 bits per heavy atom. The average molecular weight is 280 g/mol. The van der Waals surface area contributed by atoms with E-state index in [0.29, 0.717) is 31.8 Å². The van der Waals surface area contributed by atoms with Gasteiger partial charge in [0.05, 0.1) is 6.54 Å². The van der Waals surface area contributed by atoms with Crippen molar-refractivity contribution < 1.29 is 9.59 Å². The molecule has 1 atom stereocenters. The second kappa shape index (κ2) is 6.19. The lowest BCUT2D eigenvalue weighted by Gasteiger charge is -2.24. The first-order valence-electron chi connectivity index (χ1n) is 6.67. The zero-order valence-corrected chi connectivity index (χ0v) is 12.2. The Morgan fingerprint density at radius 3 is 2.89 bits per heavy atom. The second-order valence-corrected chi connectivity index (χ2v) is 6.37. The SMILES string of the molecule is CC(C)CC1NC(=O)CCN(Cc2cccs2)C1=O. The number of carbonyl (C=O) groups excluding carboxylic acids is 2. The van der Waals surface area contributed by atoms with Crippen LogP contribution in [0.25, 0.3) is 0 Å². The van der Waals surface area contributed by atoms with Gasteiger partial charge in [-0.05, 0) is 23.8 Å². The van der Waals surface area contributed by atoms with Crippen LogP contribution in [0, 0.1) is 5.92 Å². The van der Waals surface area contributed by atoms with Crippen LogP contribution >= 0.6 is 11.3 Å². The number of thiophene rings is 1. The van der Waals surface area contributed by atoms with Gasteiger partial charge < -0.3 is 10.2 Å². The van der Waals surface area contributed by atoms with Crippen LogP contribution in [0.4, 0.5) is 0 Å². The molecule has 1 aromatic rings. The van der Waals surface area contributed by atoms with E-state index < -0.39 is 0 Å². The maximum Gasteiger partial charge on any atom is 0.245 e. The fourth-order valence-corrected chi connectivity index (χ4v) is 2.99. The minimum atomic E-state index is -0.366. The van der Waals surface area contributed by atoms with E-state index in [9.17, 15) is 9.59 Å². The number of carbonyl (C=O) groups is 2. The number of amides is 2. The second-order valence-electron chi connectivity index (χ2n) is 5.34. The summed E-state index contributed by atoms with van der Waals surface area (Å²) in [5.41, 5.74) is 0. The van der Waals surface area contributed by atoms with Crippen molar-refractivity contribution >= 4 is 23.2 Å². The van der Waals surface area contributed by atoms with E-state index in [1.807, 2.05) is 17.5 Å². The summed E-state index contributed by atoms with van der Waals surface area (Å²) in [5, 5.41) is 4.85. The van der Waals surface area contributed by atoms with Gasteiger partial charge in [0.2, 0.25) is 11.8 Å². The summed E-state index contributed by atoms with van der Waals surface area (Å²) in [4.78, 5) is 27.1. The number of rotatable bonds is 4. The molecule has 0 bridgehead atoms. The van der Waals surface area contributed by atoms with Crippen LogP contribution in [0.2, 0.25) is 0 Å². The quantitative estimate of drug-likeness (QED) is 0.917. The zero-order chi connectivity index (χ0) is 13.8. The van der Waals surface area contributed by atoms with E-state index in [-0.39, 0.29) is 17.9 Å². The number of hydrogen-bond acceptors (Lipinski definition) is 3. The molecule has 1 fully saturated rings. The standard InChI is InChI=1S/C14H20N2O2S/c1-10(2)8-12-14(18)16(6-5-13(17)15-12)9-11-4-3-7-19-11/h3-4,7,10,12H,5-6,8-9H2,1-2H3,(H,15,17). The molecule has 1 unspecified atom stereocenters. The Labute approximate surface area is 117 Å². The summed E-state index contributed by atoms with van der Waals surface area (Å²) in [7, 11) is 0. The van der Waals surface area contributed by atoms with Crippen molar-refractivity contribution in [3.8, 4) is 0 Å². The highest BCUT2D eigenvalue weighted by Crippen LogP contribution is 2.17. The maximum atomic E-state index is 12.5. The summed E-state index contributed by atoms with van der Waals surface area (Å²) in [6.45, 7) is 5.25. The largest absolute Gasteiger partial charge is 0.344 e. The molecule has 0 spiro atoms. The van der Waals surface area contributed by atoms with Gasteiger partial charge in [-0.3, -0.25) is 9.59 Å². The monoisotopic (exact) mass is 280 g/mol. The van der Waals surface area contributed by atoms with E-state index in [1.165, 1.54) is 0 Å². The lowest BCUT2D eigenvalue weighted by atomic mass is 10.0. The van der Waals surface area contributed by atoms with E-state index in [2.05, 4.69) is 19.2 Å². The van der Waals surface area contributed by atoms with Gasteiger partial charge in [-0.15, -0.1) is 11.3 Å². The first-order valence-corrected chi connectivity index (χ1v) is 7.54. The molecule has 104 valence electrons. The molecule has 2 amide bonds. The average Bonchev–Trinajstić information content (AvgIpc) is 2.80. The van der Waals surface area contributed by atoms with Crippen molar-refractivity contribution in [2.45, 2.75) is 39.3 Å². The summed E-state index contributed by atoms with van der Waals surface area (Å²) in [6, 6.07) is 3.64. The van der Waals surface area contributed by atoms with E-state index in [0.717, 1.165) is 4.88 Å². The van der Waals surface area contributed by atoms with Gasteiger partial charge in [-0.1, -0.05) is 19.9 Å². The summed E-state index contributed by atoms with van der Waals surface area (Å²) < 4.78 is 0. The molecular formula is C14H20N2O2S. The zero-order valence-electron chi connectivity index (χ0n) is 11.4. The molecule has 1 aromatic heterocycles. The lowest BCUT2D eigenvalue weighted by Crippen LogP contribution is -2.45. The molecule has 4 nitrogen and oxygen atoms in total. The highest BCUT2D eigenvalue weighted by molar-refractivity contribution is 7.09. The van der Waals surface area contributed by atoms with Crippen molar-refractivity contribution in [3.05, 3.63) is 22.4 Å². The summed E-state index contributed by atoms with van der Waals surface area (Å²) in [6.07, 6.45) is 1.09. The number of nitrogens with zero attached hydrogens (tertiary/aromatic N) is 1. The predicted octanol–water partition coefficient (Wildman–Crippen LogP) is 2.01. The third-order valence-corrected chi connectivity index (χ3v) is 4.05. The van der Waals surface area contributed by atoms with Crippen LogP contribution in [0.5, 0.6) is 0 Å². The third kappa shape index (κ3) is 3.80. The fourth-order valence-electron chi connectivity index (χ4n) is 2.27. The molecule has 1 N–H and O–H groups in total. The molecular weight excluding hydrogens is 260 g/mol. The van der Waals surface area contributed by atoms with Crippen LogP contribution < -0.4 is 5.32 Å². The van der Waals surface area contributed by atoms with Crippen LogP contribution in [0.3, 0.4) is 0 Å². The van der Waals surface area contributed by atoms with E-state index in [1.54, 1.807) is 16.2 Å².